The zero-order valence-corrected chi connectivity index (χ0v) is 12.2. The van der Waals surface area contributed by atoms with Crippen LogP contribution in [0.5, 0.6) is 5.75 Å². The molecule has 0 unspecified atom stereocenters. The molecule has 1 fully saturated rings. The number of piperazine rings is 1. The monoisotopic (exact) mass is 345 g/mol. The Bertz CT molecular complexity index is 527. The first-order valence-electron chi connectivity index (χ1n) is 6.20. The molecule has 0 bridgehead atoms. The van der Waals surface area contributed by atoms with Crippen LogP contribution in [0.2, 0.25) is 0 Å². The van der Waals surface area contributed by atoms with Crippen LogP contribution in [0.15, 0.2) is 16.6 Å². The topological polar surface area (TPSA) is 59.3 Å². The Morgan fingerprint density at radius 3 is 2.55 bits per heavy atom. The average Bonchev–Trinajstić information content (AvgIpc) is 2.44. The highest BCUT2D eigenvalue weighted by atomic mass is 79.9. The van der Waals surface area contributed by atoms with E-state index >= 15 is 0 Å². The van der Waals surface area contributed by atoms with E-state index < -0.39 is 12.5 Å². The van der Waals surface area contributed by atoms with Crippen molar-refractivity contribution in [3.05, 3.63) is 27.7 Å². The lowest BCUT2D eigenvalue weighted by molar-refractivity contribution is 0.0166. The maximum absolute atomic E-state index is 13.5. The molecule has 2 rings (SSSR count). The number of phenolic OH excluding ortho intramolecular Hbond substituents is 1. The lowest BCUT2D eigenvalue weighted by Gasteiger charge is -2.35. The third kappa shape index (κ3) is 2.92. The molecule has 0 spiro atoms. The quantitative estimate of drug-likeness (QED) is 0.881. The van der Waals surface area contributed by atoms with Gasteiger partial charge in [-0.2, -0.15) is 5.26 Å². The Hall–Kier alpha value is -1.23. The second-order valence-electron chi connectivity index (χ2n) is 4.53. The normalized spacial score (nSPS) is 17.9. The summed E-state index contributed by atoms with van der Waals surface area (Å²) in [6.07, 6.45) is -2.65. The summed E-state index contributed by atoms with van der Waals surface area (Å²) in [5.41, 5.74) is 0.0879. The fourth-order valence-corrected chi connectivity index (χ4v) is 2.94. The fourth-order valence-electron chi connectivity index (χ4n) is 2.38. The number of nitrogens with one attached hydrogen (secondary N) is 1. The highest BCUT2D eigenvalue weighted by Crippen LogP contribution is 2.40. The Kier molecular flexibility index (Phi) is 4.91. The van der Waals surface area contributed by atoms with Gasteiger partial charge in [-0.15, -0.1) is 0 Å². The number of benzene rings is 1. The van der Waals surface area contributed by atoms with Crippen LogP contribution >= 0.6 is 15.9 Å². The molecule has 1 atom stereocenters. The molecule has 1 aromatic rings. The van der Waals surface area contributed by atoms with Crippen LogP contribution in [0.25, 0.3) is 0 Å². The van der Waals surface area contributed by atoms with E-state index in [4.69, 9.17) is 5.26 Å². The molecule has 20 heavy (non-hydrogen) atoms. The predicted molar refractivity (Wildman–Crippen MR) is 73.7 cm³/mol. The predicted octanol–water partition coefficient (Wildman–Crippen LogP) is 2.24. The highest BCUT2D eigenvalue weighted by molar-refractivity contribution is 9.10. The summed E-state index contributed by atoms with van der Waals surface area (Å²) in [5.74, 6) is -0.370. The van der Waals surface area contributed by atoms with Crippen LogP contribution in [-0.4, -0.2) is 42.6 Å². The first-order valence-corrected chi connectivity index (χ1v) is 7.00. The van der Waals surface area contributed by atoms with Gasteiger partial charge in [0.15, 0.2) is 0 Å². The summed E-state index contributed by atoms with van der Waals surface area (Å²) < 4.78 is 27.4. The molecular weight excluding hydrogens is 332 g/mol. The summed E-state index contributed by atoms with van der Waals surface area (Å²) in [6.45, 7) is 2.19. The molecule has 4 nitrogen and oxygen atoms in total. The Balaban J connectivity index is 2.46. The Labute approximate surface area is 124 Å². The van der Waals surface area contributed by atoms with Crippen LogP contribution in [0.1, 0.15) is 17.2 Å². The standard InChI is InChI=1S/C13H14BrF2N3O/c14-9-2-1-8(7-17)12(20)10(9)11(13(15)16)19-5-3-18-4-6-19/h1-2,11,13,18,20H,3-6H2/t11-/m1/s1. The minimum atomic E-state index is -2.65. The molecule has 1 aliphatic rings. The zero-order chi connectivity index (χ0) is 14.7. The van der Waals surface area contributed by atoms with Crippen molar-refractivity contribution < 1.29 is 13.9 Å². The number of halogens is 3. The molecule has 1 saturated heterocycles. The van der Waals surface area contributed by atoms with Gasteiger partial charge in [0.05, 0.1) is 5.56 Å². The van der Waals surface area contributed by atoms with Crippen molar-refractivity contribution in [3.63, 3.8) is 0 Å². The first-order chi connectivity index (χ1) is 9.56. The van der Waals surface area contributed by atoms with E-state index in [0.29, 0.717) is 30.7 Å². The van der Waals surface area contributed by atoms with Gasteiger partial charge in [-0.05, 0) is 12.1 Å². The van der Waals surface area contributed by atoms with Gasteiger partial charge in [0, 0.05) is 36.2 Å². The zero-order valence-electron chi connectivity index (χ0n) is 10.6. The minimum absolute atomic E-state index is 0.00369. The summed E-state index contributed by atoms with van der Waals surface area (Å²) in [4.78, 5) is 1.63. The van der Waals surface area contributed by atoms with Crippen LogP contribution in [0.4, 0.5) is 8.78 Å². The first kappa shape index (κ1) is 15.2. The summed E-state index contributed by atoms with van der Waals surface area (Å²) >= 11 is 3.20. The van der Waals surface area contributed by atoms with E-state index in [1.54, 1.807) is 4.90 Å². The van der Waals surface area contributed by atoms with Crippen LogP contribution in [-0.2, 0) is 0 Å². The molecular formula is C13H14BrF2N3O. The fraction of sp³-hybridized carbons (Fsp3) is 0.462. The second kappa shape index (κ2) is 6.48. The molecule has 0 amide bonds. The largest absolute Gasteiger partial charge is 0.506 e. The van der Waals surface area contributed by atoms with Crippen molar-refractivity contribution in [1.82, 2.24) is 10.2 Å². The molecule has 1 heterocycles. The number of hydrogen-bond donors (Lipinski definition) is 2. The van der Waals surface area contributed by atoms with Gasteiger partial charge in [0.2, 0.25) is 0 Å². The van der Waals surface area contributed by atoms with Crippen LogP contribution in [0, 0.1) is 11.3 Å². The number of rotatable bonds is 3. The van der Waals surface area contributed by atoms with Crippen molar-refractivity contribution in [2.45, 2.75) is 12.5 Å². The molecule has 2 N–H and O–H groups in total. The second-order valence-corrected chi connectivity index (χ2v) is 5.39. The summed E-state index contributed by atoms with van der Waals surface area (Å²) in [7, 11) is 0. The van der Waals surface area contributed by atoms with Crippen molar-refractivity contribution in [2.75, 3.05) is 26.2 Å². The molecule has 1 aliphatic heterocycles. The molecule has 7 heteroatoms. The molecule has 0 aliphatic carbocycles. The maximum Gasteiger partial charge on any atom is 0.258 e. The van der Waals surface area contributed by atoms with Gasteiger partial charge in [-0.25, -0.2) is 8.78 Å². The van der Waals surface area contributed by atoms with Crippen molar-refractivity contribution in [3.8, 4) is 11.8 Å². The molecule has 1 aromatic carbocycles. The van der Waals surface area contributed by atoms with Crippen molar-refractivity contribution >= 4 is 15.9 Å². The third-order valence-electron chi connectivity index (χ3n) is 3.36. The smallest absolute Gasteiger partial charge is 0.258 e. The van der Waals surface area contributed by atoms with E-state index in [2.05, 4.69) is 21.2 Å². The van der Waals surface area contributed by atoms with Gasteiger partial charge < -0.3 is 10.4 Å². The highest BCUT2D eigenvalue weighted by Gasteiger charge is 2.34. The molecule has 0 radical (unpaired) electrons. The van der Waals surface area contributed by atoms with Crippen molar-refractivity contribution in [1.29, 1.82) is 5.26 Å². The number of aromatic hydroxyl groups is 1. The van der Waals surface area contributed by atoms with E-state index in [9.17, 15) is 13.9 Å². The number of hydrogen-bond acceptors (Lipinski definition) is 4. The molecule has 0 aromatic heterocycles. The molecule has 0 saturated carbocycles. The van der Waals surface area contributed by atoms with Gasteiger partial charge >= 0.3 is 0 Å². The van der Waals surface area contributed by atoms with E-state index in [1.165, 1.54) is 12.1 Å². The van der Waals surface area contributed by atoms with E-state index in [-0.39, 0.29) is 16.9 Å². The van der Waals surface area contributed by atoms with Gasteiger partial charge in [0.1, 0.15) is 17.9 Å². The molecule has 108 valence electrons. The third-order valence-corrected chi connectivity index (χ3v) is 4.06. The Morgan fingerprint density at radius 1 is 1.35 bits per heavy atom. The van der Waals surface area contributed by atoms with E-state index in [1.807, 2.05) is 6.07 Å². The van der Waals surface area contributed by atoms with Crippen molar-refractivity contribution in [2.24, 2.45) is 0 Å². The minimum Gasteiger partial charge on any atom is -0.506 e. The lowest BCUT2D eigenvalue weighted by atomic mass is 10.0. The number of nitrogens with zero attached hydrogens (tertiary/aromatic N) is 2. The lowest BCUT2D eigenvalue weighted by Crippen LogP contribution is -2.47. The van der Waals surface area contributed by atoms with Gasteiger partial charge in [0.25, 0.3) is 6.43 Å². The summed E-state index contributed by atoms with van der Waals surface area (Å²) in [5, 5.41) is 22.1. The number of phenols is 1. The van der Waals surface area contributed by atoms with Gasteiger partial charge in [-0.3, -0.25) is 4.90 Å². The average molecular weight is 346 g/mol. The number of alkyl halides is 2. The number of nitriles is 1. The van der Waals surface area contributed by atoms with Crippen LogP contribution < -0.4 is 5.32 Å². The Morgan fingerprint density at radius 2 is 2.00 bits per heavy atom. The SMILES string of the molecule is N#Cc1ccc(Br)c([C@H](C(F)F)N2CCNCC2)c1O. The maximum atomic E-state index is 13.5. The summed E-state index contributed by atoms with van der Waals surface area (Å²) in [6, 6.07) is 3.52. The van der Waals surface area contributed by atoms with Gasteiger partial charge in [-0.1, -0.05) is 15.9 Å². The van der Waals surface area contributed by atoms with E-state index in [0.717, 1.165) is 0 Å². The van der Waals surface area contributed by atoms with Crippen LogP contribution in [0.3, 0.4) is 0 Å².